The van der Waals surface area contributed by atoms with Crippen LogP contribution in [0.5, 0.6) is 0 Å². The van der Waals surface area contributed by atoms with Gasteiger partial charge in [0, 0.05) is 13.7 Å². The maximum atomic E-state index is 5.31. The molecule has 0 heterocycles. The van der Waals surface area contributed by atoms with E-state index in [0.29, 0.717) is 0 Å². The van der Waals surface area contributed by atoms with Crippen LogP contribution in [0.2, 0.25) is 0 Å². The molecule has 1 rings (SSSR count). The molecule has 0 aliphatic rings. The number of nitrogens with one attached hydrogen (secondary N) is 1. The molecule has 1 atom stereocenters. The van der Waals surface area contributed by atoms with Gasteiger partial charge in [-0.3, -0.25) is 0 Å². The maximum Gasteiger partial charge on any atom is 0.0945 e. The molecular weight excluding hydrogens is 150 g/mol. The Kier molecular flexibility index (Phi) is 3.77. The van der Waals surface area contributed by atoms with Gasteiger partial charge < -0.3 is 10.1 Å². The van der Waals surface area contributed by atoms with Gasteiger partial charge in [-0.25, -0.2) is 0 Å². The first-order valence-corrected chi connectivity index (χ1v) is 4.11. The van der Waals surface area contributed by atoms with Gasteiger partial charge in [-0.1, -0.05) is 30.3 Å². The highest BCUT2D eigenvalue weighted by Gasteiger charge is 2.06. The van der Waals surface area contributed by atoms with E-state index in [-0.39, 0.29) is 6.10 Å². The second-order valence-electron chi connectivity index (χ2n) is 2.69. The normalized spacial score (nSPS) is 12.8. The molecule has 1 aromatic rings. The van der Waals surface area contributed by atoms with Crippen LogP contribution in [0, 0.1) is 0 Å². The van der Waals surface area contributed by atoms with Gasteiger partial charge in [-0.15, -0.1) is 0 Å². The molecule has 0 bridgehead atoms. The number of hydrogen-bond donors (Lipinski definition) is 1. The Labute approximate surface area is 73.6 Å². The van der Waals surface area contributed by atoms with E-state index in [9.17, 15) is 0 Å². The molecule has 2 heteroatoms. The van der Waals surface area contributed by atoms with E-state index in [4.69, 9.17) is 4.74 Å². The van der Waals surface area contributed by atoms with Crippen molar-refractivity contribution in [2.75, 3.05) is 20.7 Å². The van der Waals surface area contributed by atoms with Crippen LogP contribution in [-0.2, 0) is 4.74 Å². The number of likely N-dealkylation sites (N-methyl/N-ethyl adjacent to an activating group) is 1. The Morgan fingerprint density at radius 2 is 2.00 bits per heavy atom. The number of benzene rings is 1. The first-order chi connectivity index (χ1) is 5.88. The van der Waals surface area contributed by atoms with Crippen LogP contribution in [0.1, 0.15) is 11.7 Å². The highest BCUT2D eigenvalue weighted by Crippen LogP contribution is 2.14. The van der Waals surface area contributed by atoms with Crippen molar-refractivity contribution in [3.05, 3.63) is 35.9 Å². The van der Waals surface area contributed by atoms with Gasteiger partial charge in [0.15, 0.2) is 0 Å². The van der Waals surface area contributed by atoms with Gasteiger partial charge in [0.25, 0.3) is 0 Å². The fourth-order valence-electron chi connectivity index (χ4n) is 1.19. The lowest BCUT2D eigenvalue weighted by Crippen LogP contribution is -2.18. The van der Waals surface area contributed by atoms with Gasteiger partial charge in [0.1, 0.15) is 0 Å². The molecule has 66 valence electrons. The predicted molar refractivity (Wildman–Crippen MR) is 50.1 cm³/mol. The summed E-state index contributed by atoms with van der Waals surface area (Å²) < 4.78 is 5.31. The molecule has 0 spiro atoms. The van der Waals surface area contributed by atoms with Crippen molar-refractivity contribution >= 4 is 0 Å². The number of rotatable bonds is 4. The van der Waals surface area contributed by atoms with Crippen LogP contribution < -0.4 is 5.32 Å². The number of hydrogen-bond acceptors (Lipinski definition) is 2. The van der Waals surface area contributed by atoms with Crippen LogP contribution >= 0.6 is 0 Å². The van der Waals surface area contributed by atoms with Gasteiger partial charge in [0.05, 0.1) is 6.10 Å². The second kappa shape index (κ2) is 4.91. The Hall–Kier alpha value is -0.860. The predicted octanol–water partition coefficient (Wildman–Crippen LogP) is 1.59. The van der Waals surface area contributed by atoms with Gasteiger partial charge in [-0.2, -0.15) is 0 Å². The summed E-state index contributed by atoms with van der Waals surface area (Å²) in [5.74, 6) is 0. The van der Waals surface area contributed by atoms with E-state index in [0.717, 1.165) is 6.54 Å². The molecule has 12 heavy (non-hydrogen) atoms. The monoisotopic (exact) mass is 165 g/mol. The molecule has 2 nitrogen and oxygen atoms in total. The molecule has 0 fully saturated rings. The van der Waals surface area contributed by atoms with Crippen molar-refractivity contribution in [1.29, 1.82) is 0 Å². The van der Waals surface area contributed by atoms with Crippen molar-refractivity contribution < 1.29 is 4.74 Å². The zero-order valence-electron chi connectivity index (χ0n) is 7.58. The average molecular weight is 165 g/mol. The molecule has 0 aromatic heterocycles. The lowest BCUT2D eigenvalue weighted by atomic mass is 10.1. The third-order valence-electron chi connectivity index (χ3n) is 1.85. The average Bonchev–Trinajstić information content (AvgIpc) is 2.15. The van der Waals surface area contributed by atoms with Crippen molar-refractivity contribution in [1.82, 2.24) is 5.32 Å². The Morgan fingerprint density at radius 1 is 1.33 bits per heavy atom. The number of ether oxygens (including phenoxy) is 1. The zero-order valence-corrected chi connectivity index (χ0v) is 7.58. The summed E-state index contributed by atoms with van der Waals surface area (Å²) in [6.45, 7) is 0.848. The minimum atomic E-state index is 0.163. The van der Waals surface area contributed by atoms with E-state index < -0.39 is 0 Å². The van der Waals surface area contributed by atoms with Gasteiger partial charge in [0.2, 0.25) is 0 Å². The molecule has 1 aromatic carbocycles. The van der Waals surface area contributed by atoms with Crippen molar-refractivity contribution in [2.24, 2.45) is 0 Å². The zero-order chi connectivity index (χ0) is 8.81. The summed E-state index contributed by atoms with van der Waals surface area (Å²) >= 11 is 0. The quantitative estimate of drug-likeness (QED) is 0.731. The summed E-state index contributed by atoms with van der Waals surface area (Å²) in [6, 6.07) is 10.2. The fourth-order valence-corrected chi connectivity index (χ4v) is 1.19. The molecule has 0 unspecified atom stereocenters. The Balaban J connectivity index is 2.66. The Morgan fingerprint density at radius 3 is 2.50 bits per heavy atom. The summed E-state index contributed by atoms with van der Waals surface area (Å²) in [7, 11) is 3.66. The van der Waals surface area contributed by atoms with Crippen LogP contribution in [0.25, 0.3) is 0 Å². The molecule has 0 saturated heterocycles. The summed E-state index contributed by atoms with van der Waals surface area (Å²) in [5.41, 5.74) is 1.22. The van der Waals surface area contributed by atoms with Crippen LogP contribution in [0.4, 0.5) is 0 Å². The largest absolute Gasteiger partial charge is 0.375 e. The molecule has 0 aliphatic heterocycles. The minimum absolute atomic E-state index is 0.163. The lowest BCUT2D eigenvalue weighted by Gasteiger charge is -2.14. The van der Waals surface area contributed by atoms with E-state index in [1.165, 1.54) is 5.56 Å². The number of methoxy groups -OCH3 is 1. The molecule has 1 N–H and O–H groups in total. The molecule has 0 radical (unpaired) electrons. The van der Waals surface area contributed by atoms with E-state index in [2.05, 4.69) is 17.4 Å². The van der Waals surface area contributed by atoms with Crippen molar-refractivity contribution in [3.8, 4) is 0 Å². The highest BCUT2D eigenvalue weighted by molar-refractivity contribution is 5.17. The second-order valence-corrected chi connectivity index (χ2v) is 2.69. The van der Waals surface area contributed by atoms with Crippen LogP contribution in [0.3, 0.4) is 0 Å². The summed E-state index contributed by atoms with van der Waals surface area (Å²) in [5, 5.41) is 3.09. The summed E-state index contributed by atoms with van der Waals surface area (Å²) in [6.07, 6.45) is 0.163. The van der Waals surface area contributed by atoms with E-state index in [1.807, 2.05) is 25.2 Å². The SMILES string of the molecule is CNC[C@@H](OC)c1ccccc1. The van der Waals surface area contributed by atoms with Crippen LogP contribution in [0.15, 0.2) is 30.3 Å². The molecule has 0 amide bonds. The third-order valence-corrected chi connectivity index (χ3v) is 1.85. The maximum absolute atomic E-state index is 5.31. The van der Waals surface area contributed by atoms with Gasteiger partial charge >= 0.3 is 0 Å². The highest BCUT2D eigenvalue weighted by atomic mass is 16.5. The first-order valence-electron chi connectivity index (χ1n) is 4.11. The third kappa shape index (κ3) is 2.32. The van der Waals surface area contributed by atoms with E-state index >= 15 is 0 Å². The van der Waals surface area contributed by atoms with E-state index in [1.54, 1.807) is 7.11 Å². The first kappa shape index (κ1) is 9.23. The van der Waals surface area contributed by atoms with Crippen molar-refractivity contribution in [2.45, 2.75) is 6.10 Å². The van der Waals surface area contributed by atoms with Gasteiger partial charge in [-0.05, 0) is 12.6 Å². The molecule has 0 saturated carbocycles. The standard InChI is InChI=1S/C10H15NO/c1-11-8-10(12-2)9-6-4-3-5-7-9/h3-7,10-11H,8H2,1-2H3/t10-/m1/s1. The topological polar surface area (TPSA) is 21.3 Å². The summed E-state index contributed by atoms with van der Waals surface area (Å²) in [4.78, 5) is 0. The van der Waals surface area contributed by atoms with Crippen molar-refractivity contribution in [3.63, 3.8) is 0 Å². The molecule has 0 aliphatic carbocycles. The minimum Gasteiger partial charge on any atom is -0.375 e. The Bertz CT molecular complexity index is 210. The van der Waals surface area contributed by atoms with Crippen LogP contribution in [-0.4, -0.2) is 20.7 Å². The molecular formula is C10H15NO. The lowest BCUT2D eigenvalue weighted by molar-refractivity contribution is 0.104. The smallest absolute Gasteiger partial charge is 0.0945 e. The fraction of sp³-hybridized carbons (Fsp3) is 0.400.